The molecular formula is C45H73NO16. The number of carbonyl (C=O) groups excluding carboxylic acids is 5. The van der Waals surface area contributed by atoms with Crippen molar-refractivity contribution in [1.82, 2.24) is 4.90 Å². The van der Waals surface area contributed by atoms with Crippen molar-refractivity contribution in [2.45, 2.75) is 193 Å². The number of esters is 4. The lowest BCUT2D eigenvalue weighted by molar-refractivity contribution is -0.345. The second-order valence-corrected chi connectivity index (χ2v) is 17.8. The summed E-state index contributed by atoms with van der Waals surface area (Å²) >= 11 is 0. The van der Waals surface area contributed by atoms with Crippen molar-refractivity contribution in [3.8, 4) is 0 Å². The Balaban J connectivity index is 2.10. The van der Waals surface area contributed by atoms with E-state index in [2.05, 4.69) is 0 Å². The number of hydrogen-bond donors (Lipinski definition) is 2. The minimum absolute atomic E-state index is 0.00145. The first-order chi connectivity index (χ1) is 29.1. The van der Waals surface area contributed by atoms with E-state index in [1.54, 1.807) is 77.9 Å². The van der Waals surface area contributed by atoms with Crippen molar-refractivity contribution in [2.75, 3.05) is 21.2 Å². The normalized spacial score (nSPS) is 37.7. The molecule has 0 aromatic heterocycles. The number of rotatable bonds is 14. The molecule has 2 N–H and O–H groups in total. The highest BCUT2D eigenvalue weighted by Crippen LogP contribution is 2.38. The summed E-state index contributed by atoms with van der Waals surface area (Å²) < 4.78 is 55.5. The summed E-state index contributed by atoms with van der Waals surface area (Å²) in [7, 11) is 4.89. The topological polar surface area (TPSA) is 212 Å². The highest BCUT2D eigenvalue weighted by molar-refractivity contribution is 5.72. The van der Waals surface area contributed by atoms with Crippen molar-refractivity contribution >= 4 is 30.2 Å². The molecule has 17 heteroatoms. The number of aldehydes is 1. The van der Waals surface area contributed by atoms with E-state index in [0.717, 1.165) is 0 Å². The Morgan fingerprint density at radius 2 is 1.66 bits per heavy atom. The number of carbonyl (C=O) groups is 5. The van der Waals surface area contributed by atoms with Crippen molar-refractivity contribution in [3.63, 3.8) is 0 Å². The number of nitrogens with zero attached hydrogens (tertiary/aromatic N) is 1. The van der Waals surface area contributed by atoms with E-state index < -0.39 is 127 Å². The minimum Gasteiger partial charge on any atom is -0.462 e. The molecule has 3 aliphatic rings. The predicted molar refractivity (Wildman–Crippen MR) is 224 cm³/mol. The molecule has 0 saturated carbocycles. The Morgan fingerprint density at radius 3 is 2.24 bits per heavy atom. The lowest BCUT2D eigenvalue weighted by atomic mass is 9.82. The molecule has 3 heterocycles. The Morgan fingerprint density at radius 1 is 0.968 bits per heavy atom. The average Bonchev–Trinajstić information content (AvgIpc) is 3.15. The quantitative estimate of drug-likeness (QED) is 0.144. The average molecular weight is 884 g/mol. The van der Waals surface area contributed by atoms with E-state index >= 15 is 0 Å². The number of cyclic esters (lactones) is 1. The fourth-order valence-corrected chi connectivity index (χ4v) is 8.41. The van der Waals surface area contributed by atoms with Crippen molar-refractivity contribution in [2.24, 2.45) is 17.8 Å². The molecule has 3 aliphatic heterocycles. The van der Waals surface area contributed by atoms with Crippen LogP contribution in [-0.4, -0.2) is 152 Å². The van der Waals surface area contributed by atoms with Crippen LogP contribution in [0.3, 0.4) is 0 Å². The number of ether oxygens (including phenoxy) is 9. The zero-order valence-corrected chi connectivity index (χ0v) is 38.6. The van der Waals surface area contributed by atoms with Crippen LogP contribution in [0.4, 0.5) is 0 Å². The monoisotopic (exact) mass is 883 g/mol. The van der Waals surface area contributed by atoms with Gasteiger partial charge in [-0.1, -0.05) is 52.0 Å². The van der Waals surface area contributed by atoms with Crippen molar-refractivity contribution in [1.29, 1.82) is 0 Å². The number of methoxy groups -OCH3 is 1. The summed E-state index contributed by atoms with van der Waals surface area (Å²) in [5, 5.41) is 22.8. The van der Waals surface area contributed by atoms with Crippen LogP contribution < -0.4 is 0 Å². The van der Waals surface area contributed by atoms with E-state index in [-0.39, 0.29) is 38.0 Å². The van der Waals surface area contributed by atoms with Gasteiger partial charge in [-0.2, -0.15) is 0 Å². The standard InChI is InChI=1S/C45H73NO16/c1-13-34(50)59-42-38(46(10)11)39(61-37-24-45(9,53)43(29(7)56-37)60-35(51)21-25(2)3)28(6)57-44(42)62-40-31(19-20-47)22-26(4)32(49)18-16-14-15-17-27(5)55-36(52)23-33(41(40)54-12)58-30(8)48/h14-16,18,20,25-29,31-33,37-44,49,53H,13,17,19,21-24H2,1-12H3/t26?,27?,28?,29?,31?,32?,33-,37-,38?,39?,40?,41?,42?,43?,44+,45+/m0/s1. The predicted octanol–water partition coefficient (Wildman–Crippen LogP) is 3.97. The number of aliphatic hydroxyl groups is 2. The fourth-order valence-electron chi connectivity index (χ4n) is 8.41. The van der Waals surface area contributed by atoms with Gasteiger partial charge in [0.2, 0.25) is 0 Å². The van der Waals surface area contributed by atoms with Gasteiger partial charge in [0.25, 0.3) is 0 Å². The maximum atomic E-state index is 13.4. The van der Waals surface area contributed by atoms with Gasteiger partial charge in [0.15, 0.2) is 24.8 Å². The van der Waals surface area contributed by atoms with Gasteiger partial charge in [-0.15, -0.1) is 0 Å². The largest absolute Gasteiger partial charge is 0.462 e. The number of aliphatic hydroxyl groups excluding tert-OH is 1. The third-order valence-corrected chi connectivity index (χ3v) is 11.4. The molecule has 354 valence electrons. The van der Waals surface area contributed by atoms with E-state index in [1.807, 2.05) is 20.8 Å². The van der Waals surface area contributed by atoms with E-state index in [4.69, 9.17) is 42.6 Å². The Kier molecular flexibility index (Phi) is 21.1. The number of hydrogen-bond acceptors (Lipinski definition) is 17. The summed E-state index contributed by atoms with van der Waals surface area (Å²) in [5.41, 5.74) is -1.53. The van der Waals surface area contributed by atoms with E-state index in [0.29, 0.717) is 12.7 Å². The third-order valence-electron chi connectivity index (χ3n) is 11.4. The van der Waals surface area contributed by atoms with Crippen LogP contribution in [0.2, 0.25) is 0 Å². The molecule has 62 heavy (non-hydrogen) atoms. The van der Waals surface area contributed by atoms with Gasteiger partial charge in [0.1, 0.15) is 36.3 Å². The van der Waals surface area contributed by atoms with Gasteiger partial charge >= 0.3 is 23.9 Å². The molecule has 0 spiro atoms. The first-order valence-corrected chi connectivity index (χ1v) is 21.9. The van der Waals surface area contributed by atoms with Crippen molar-refractivity contribution in [3.05, 3.63) is 24.3 Å². The summed E-state index contributed by atoms with van der Waals surface area (Å²) in [4.78, 5) is 66.1. The molecule has 0 aliphatic carbocycles. The van der Waals surface area contributed by atoms with Gasteiger partial charge in [0, 0.05) is 46.1 Å². The zero-order chi connectivity index (χ0) is 46.5. The highest BCUT2D eigenvalue weighted by Gasteiger charge is 2.54. The van der Waals surface area contributed by atoms with Crippen LogP contribution in [0.25, 0.3) is 0 Å². The smallest absolute Gasteiger partial charge is 0.309 e. The van der Waals surface area contributed by atoms with Crippen LogP contribution >= 0.6 is 0 Å². The van der Waals surface area contributed by atoms with Crippen molar-refractivity contribution < 1.29 is 76.8 Å². The molecular weight excluding hydrogens is 810 g/mol. The van der Waals surface area contributed by atoms with Gasteiger partial charge in [-0.3, -0.25) is 19.2 Å². The molecule has 2 fully saturated rings. The number of likely N-dealkylation sites (N-methyl/N-ethyl adjacent to an activating group) is 1. The Bertz CT molecular complexity index is 1520. The zero-order valence-electron chi connectivity index (χ0n) is 38.6. The highest BCUT2D eigenvalue weighted by atomic mass is 16.7. The molecule has 0 amide bonds. The van der Waals surface area contributed by atoms with Gasteiger partial charge in [0.05, 0.1) is 36.9 Å². The molecule has 2 saturated heterocycles. The molecule has 3 rings (SSSR count). The molecule has 0 bridgehead atoms. The molecule has 17 nitrogen and oxygen atoms in total. The second kappa shape index (κ2) is 24.7. The van der Waals surface area contributed by atoms with Gasteiger partial charge in [-0.05, 0) is 66.0 Å². The Labute approximate surface area is 367 Å². The number of allylic oxidation sites excluding steroid dienone is 2. The molecule has 16 atom stereocenters. The third kappa shape index (κ3) is 15.5. The van der Waals surface area contributed by atoms with Gasteiger partial charge in [-0.25, -0.2) is 0 Å². The van der Waals surface area contributed by atoms with E-state index in [9.17, 15) is 34.2 Å². The Hall–Kier alpha value is -3.29. The molecule has 0 aromatic rings. The molecule has 12 unspecified atom stereocenters. The first-order valence-electron chi connectivity index (χ1n) is 21.9. The summed E-state index contributed by atoms with van der Waals surface area (Å²) in [6.07, 6.45) is -4.36. The fraction of sp³-hybridized carbons (Fsp3) is 0.800. The van der Waals surface area contributed by atoms with Crippen LogP contribution in [0.15, 0.2) is 24.3 Å². The first kappa shape index (κ1) is 53.1. The second-order valence-electron chi connectivity index (χ2n) is 17.8. The summed E-state index contributed by atoms with van der Waals surface area (Å²) in [6.45, 7) is 15.1. The maximum Gasteiger partial charge on any atom is 0.309 e. The van der Waals surface area contributed by atoms with E-state index in [1.165, 1.54) is 14.0 Å². The maximum absolute atomic E-state index is 13.4. The van der Waals surface area contributed by atoms with Crippen LogP contribution in [-0.2, 0) is 66.6 Å². The lowest BCUT2D eigenvalue weighted by Gasteiger charge is -2.51. The molecule has 0 radical (unpaired) electrons. The molecule has 0 aromatic carbocycles. The SMILES string of the molecule is CCC(=O)OC1C(N(C)C)C(O[C@H]2C[C@@](C)(O)C(OC(=O)CC(C)C)C(C)O2)C(C)O[C@@H]1OC1C(CC=O)CC(C)C(O)C=CC=CCC(C)OC(=O)C[C@H](OC(C)=O)C1OC. The van der Waals surface area contributed by atoms with Gasteiger partial charge < -0.3 is 62.5 Å². The summed E-state index contributed by atoms with van der Waals surface area (Å²) in [6, 6.07) is -0.777. The van der Waals surface area contributed by atoms with Crippen LogP contribution in [0.5, 0.6) is 0 Å². The lowest BCUT2D eigenvalue weighted by Crippen LogP contribution is -2.66. The summed E-state index contributed by atoms with van der Waals surface area (Å²) in [5.74, 6) is -3.52. The minimum atomic E-state index is -1.53. The van der Waals surface area contributed by atoms with Crippen LogP contribution in [0.1, 0.15) is 107 Å². The van der Waals surface area contributed by atoms with Crippen LogP contribution in [0, 0.1) is 17.8 Å².